The lowest BCUT2D eigenvalue weighted by Crippen LogP contribution is -2.21. The highest BCUT2D eigenvalue weighted by Gasteiger charge is 2.16. The molecule has 2 aromatic rings. The Kier molecular flexibility index (Phi) is 6.38. The van der Waals surface area contributed by atoms with Gasteiger partial charge in [-0.05, 0) is 24.6 Å². The second kappa shape index (κ2) is 8.50. The van der Waals surface area contributed by atoms with Crippen molar-refractivity contribution in [1.29, 1.82) is 0 Å². The molecule has 0 heterocycles. The summed E-state index contributed by atoms with van der Waals surface area (Å²) in [7, 11) is 0. The first-order chi connectivity index (χ1) is 11.1. The van der Waals surface area contributed by atoms with E-state index in [2.05, 4.69) is 12.6 Å². The van der Waals surface area contributed by atoms with Crippen LogP contribution in [0, 0.1) is 0 Å². The maximum Gasteiger partial charge on any atom is 0.340 e. The number of esters is 1. The normalized spacial score (nSPS) is 11.0. The van der Waals surface area contributed by atoms with Crippen LogP contribution in [-0.4, -0.2) is 16.9 Å². The summed E-state index contributed by atoms with van der Waals surface area (Å²) in [5.41, 5.74) is 2.01. The zero-order valence-corrected chi connectivity index (χ0v) is 14.4. The van der Waals surface area contributed by atoms with Crippen molar-refractivity contribution < 1.29 is 9.53 Å². The second-order valence-electron chi connectivity index (χ2n) is 4.62. The molecular weight excluding hydrogens is 326 g/mol. The Balaban J connectivity index is 2.49. The summed E-state index contributed by atoms with van der Waals surface area (Å²) >= 11 is 9.48. The first kappa shape index (κ1) is 17.2. The number of para-hydroxylation sites is 1. The molecule has 0 amide bonds. The van der Waals surface area contributed by atoms with Crippen molar-refractivity contribution in [3.8, 4) is 0 Å². The fourth-order valence-electron chi connectivity index (χ4n) is 2.03. The molecule has 0 bridgehead atoms. The van der Waals surface area contributed by atoms with Crippen LogP contribution in [0.3, 0.4) is 0 Å². The van der Waals surface area contributed by atoms with Crippen LogP contribution >= 0.6 is 24.8 Å². The zero-order valence-electron chi connectivity index (χ0n) is 12.7. The molecule has 0 fully saturated rings. The van der Waals surface area contributed by atoms with E-state index in [0.717, 1.165) is 11.3 Å². The van der Waals surface area contributed by atoms with Gasteiger partial charge in [0.2, 0.25) is 0 Å². The van der Waals surface area contributed by atoms with Gasteiger partial charge < -0.3 is 9.64 Å². The molecule has 0 aliphatic rings. The number of hydrogen-bond acceptors (Lipinski definition) is 3. The maximum absolute atomic E-state index is 12.3. The molecule has 0 unspecified atom stereocenters. The topological polar surface area (TPSA) is 29.5 Å². The van der Waals surface area contributed by atoms with Crippen molar-refractivity contribution in [3.63, 3.8) is 0 Å². The van der Waals surface area contributed by atoms with E-state index in [4.69, 9.17) is 17.0 Å². The first-order valence-electron chi connectivity index (χ1n) is 7.15. The van der Waals surface area contributed by atoms with Gasteiger partial charge in [-0.1, -0.05) is 60.7 Å². The van der Waals surface area contributed by atoms with Crippen molar-refractivity contribution in [2.24, 2.45) is 0 Å². The van der Waals surface area contributed by atoms with Gasteiger partial charge in [0.25, 0.3) is 0 Å². The molecule has 23 heavy (non-hydrogen) atoms. The maximum atomic E-state index is 12.3. The van der Waals surface area contributed by atoms with Crippen LogP contribution in [0.1, 0.15) is 12.5 Å². The van der Waals surface area contributed by atoms with Gasteiger partial charge in [0.05, 0.1) is 12.2 Å². The average molecular weight is 343 g/mol. The molecule has 0 radical (unpaired) electrons. The molecule has 0 aliphatic carbocycles. The third kappa shape index (κ3) is 4.68. The number of carbonyl (C=O) groups excluding carboxylic acids is 1. The summed E-state index contributed by atoms with van der Waals surface area (Å²) in [6, 6.07) is 18.8. The Labute approximate surface area is 147 Å². The number of hydrogen-bond donors (Lipinski definition) is 1. The van der Waals surface area contributed by atoms with Gasteiger partial charge in [-0.3, -0.25) is 0 Å². The number of ether oxygens (including phenoxy) is 1. The van der Waals surface area contributed by atoms with E-state index in [-0.39, 0.29) is 0 Å². The summed E-state index contributed by atoms with van der Waals surface area (Å²) in [5.74, 6) is -0.399. The minimum absolute atomic E-state index is 0.305. The Morgan fingerprint density at radius 2 is 1.70 bits per heavy atom. The lowest BCUT2D eigenvalue weighted by Gasteiger charge is -2.20. The van der Waals surface area contributed by atoms with Gasteiger partial charge in [0, 0.05) is 11.9 Å². The molecule has 0 spiro atoms. The van der Waals surface area contributed by atoms with Crippen molar-refractivity contribution >= 4 is 46.4 Å². The number of thiocarbonyl (C=S) groups is 1. The van der Waals surface area contributed by atoms with Crippen molar-refractivity contribution in [3.05, 3.63) is 72.4 Å². The average Bonchev–Trinajstić information content (AvgIpc) is 2.57. The van der Waals surface area contributed by atoms with Crippen LogP contribution in [0.25, 0.3) is 5.57 Å². The van der Waals surface area contributed by atoms with Crippen LogP contribution in [0.15, 0.2) is 66.9 Å². The summed E-state index contributed by atoms with van der Waals surface area (Å²) in [6.07, 6.45) is 1.66. The van der Waals surface area contributed by atoms with E-state index >= 15 is 0 Å². The minimum atomic E-state index is -0.399. The van der Waals surface area contributed by atoms with Crippen molar-refractivity contribution in [2.45, 2.75) is 6.92 Å². The van der Waals surface area contributed by atoms with E-state index in [1.807, 2.05) is 60.7 Å². The highest BCUT2D eigenvalue weighted by Crippen LogP contribution is 2.22. The van der Waals surface area contributed by atoms with Gasteiger partial charge in [0.1, 0.15) is 4.32 Å². The quantitative estimate of drug-likeness (QED) is 0.379. The lowest BCUT2D eigenvalue weighted by molar-refractivity contribution is -0.136. The molecule has 5 heteroatoms. The number of benzene rings is 2. The molecule has 0 N–H and O–H groups in total. The molecule has 2 rings (SSSR count). The van der Waals surface area contributed by atoms with Crippen LogP contribution < -0.4 is 4.90 Å². The van der Waals surface area contributed by atoms with Gasteiger partial charge in [-0.25, -0.2) is 4.79 Å². The molecular formula is C18H17NO2S2. The molecule has 2 aromatic carbocycles. The standard InChI is InChI=1S/C18H17NO2S2/c1-2-21-17(20)16(14-9-5-3-6-10-14)13-19(18(22)23)15-11-7-4-8-12-15/h3-13H,2H2,1H3,(H,22,23). The Bertz CT molecular complexity index is 699. The number of carbonyl (C=O) groups is 1. The highest BCUT2D eigenvalue weighted by molar-refractivity contribution is 8.11. The number of anilines is 1. The van der Waals surface area contributed by atoms with E-state index in [9.17, 15) is 4.79 Å². The zero-order chi connectivity index (χ0) is 16.7. The Hall–Kier alpha value is -2.11. The Morgan fingerprint density at radius 3 is 2.22 bits per heavy atom. The highest BCUT2D eigenvalue weighted by atomic mass is 32.1. The predicted molar refractivity (Wildman–Crippen MR) is 102 cm³/mol. The van der Waals surface area contributed by atoms with Crippen LogP contribution in [0.4, 0.5) is 5.69 Å². The molecule has 0 saturated carbocycles. The fourth-order valence-corrected chi connectivity index (χ4v) is 2.36. The number of thiol groups is 1. The van der Waals surface area contributed by atoms with E-state index in [1.165, 1.54) is 0 Å². The van der Waals surface area contributed by atoms with Gasteiger partial charge in [-0.15, -0.1) is 12.6 Å². The van der Waals surface area contributed by atoms with Gasteiger partial charge >= 0.3 is 5.97 Å². The van der Waals surface area contributed by atoms with Crippen LogP contribution in [0.2, 0.25) is 0 Å². The Morgan fingerprint density at radius 1 is 1.13 bits per heavy atom. The number of rotatable bonds is 5. The smallest absolute Gasteiger partial charge is 0.340 e. The summed E-state index contributed by atoms with van der Waals surface area (Å²) in [4.78, 5) is 14.0. The van der Waals surface area contributed by atoms with E-state index in [1.54, 1.807) is 18.0 Å². The first-order valence-corrected chi connectivity index (χ1v) is 8.00. The molecule has 118 valence electrons. The third-order valence-electron chi connectivity index (χ3n) is 3.08. The monoisotopic (exact) mass is 343 g/mol. The van der Waals surface area contributed by atoms with Crippen LogP contribution in [-0.2, 0) is 9.53 Å². The van der Waals surface area contributed by atoms with Crippen molar-refractivity contribution in [1.82, 2.24) is 0 Å². The lowest BCUT2D eigenvalue weighted by atomic mass is 10.1. The van der Waals surface area contributed by atoms with Gasteiger partial charge in [-0.2, -0.15) is 0 Å². The SMILES string of the molecule is CCOC(=O)C(=CN(C(=S)S)c1ccccc1)c1ccccc1. The third-order valence-corrected chi connectivity index (χ3v) is 3.49. The second-order valence-corrected chi connectivity index (χ2v) is 5.73. The van der Waals surface area contributed by atoms with E-state index in [0.29, 0.717) is 16.5 Å². The van der Waals surface area contributed by atoms with Gasteiger partial charge in [0.15, 0.2) is 0 Å². The molecule has 0 aromatic heterocycles. The minimum Gasteiger partial charge on any atom is -0.462 e. The summed E-state index contributed by atoms with van der Waals surface area (Å²) in [6.45, 7) is 2.08. The number of nitrogens with zero attached hydrogens (tertiary/aromatic N) is 1. The van der Waals surface area contributed by atoms with Crippen LogP contribution in [0.5, 0.6) is 0 Å². The van der Waals surface area contributed by atoms with Crippen molar-refractivity contribution in [2.75, 3.05) is 11.5 Å². The largest absolute Gasteiger partial charge is 0.462 e. The molecule has 3 nitrogen and oxygen atoms in total. The van der Waals surface area contributed by atoms with E-state index < -0.39 is 5.97 Å². The summed E-state index contributed by atoms with van der Waals surface area (Å²) < 4.78 is 5.51. The predicted octanol–water partition coefficient (Wildman–Crippen LogP) is 4.31. The molecule has 0 aliphatic heterocycles. The molecule has 0 saturated heterocycles. The molecule has 0 atom stereocenters. The fraction of sp³-hybridized carbons (Fsp3) is 0.111. The summed E-state index contributed by atoms with van der Waals surface area (Å²) in [5, 5.41) is 0.